The summed E-state index contributed by atoms with van der Waals surface area (Å²) in [6.07, 6.45) is 3.05. The number of nitrogens with one attached hydrogen (secondary N) is 1. The summed E-state index contributed by atoms with van der Waals surface area (Å²) in [6, 6.07) is 3.27. The third-order valence-electron chi connectivity index (χ3n) is 2.38. The van der Waals surface area contributed by atoms with E-state index in [0.717, 1.165) is 11.3 Å². The van der Waals surface area contributed by atoms with Crippen molar-refractivity contribution >= 4 is 29.0 Å². The van der Waals surface area contributed by atoms with Gasteiger partial charge in [0.05, 0.1) is 0 Å². The maximum atomic E-state index is 11.7. The lowest BCUT2D eigenvalue weighted by Crippen LogP contribution is -2.34. The van der Waals surface area contributed by atoms with Crippen molar-refractivity contribution in [3.63, 3.8) is 0 Å². The normalized spacial score (nSPS) is 14.4. The summed E-state index contributed by atoms with van der Waals surface area (Å²) in [4.78, 5) is 12.6. The zero-order chi connectivity index (χ0) is 12.0. The van der Waals surface area contributed by atoms with E-state index in [1.165, 1.54) is 11.3 Å². The van der Waals surface area contributed by atoms with Gasteiger partial charge in [-0.05, 0) is 24.1 Å². The van der Waals surface area contributed by atoms with E-state index in [-0.39, 0.29) is 5.91 Å². The van der Waals surface area contributed by atoms with Gasteiger partial charge in [0.25, 0.3) is 0 Å². The lowest BCUT2D eigenvalue weighted by atomic mass is 10.2. The van der Waals surface area contributed by atoms with Crippen molar-refractivity contribution in [2.24, 2.45) is 5.73 Å². The van der Waals surface area contributed by atoms with Crippen molar-refractivity contribution in [1.82, 2.24) is 5.32 Å². The number of carbonyl (C=O) groups is 1. The first kappa shape index (κ1) is 13.5. The monoisotopic (exact) mass is 258 g/mol. The molecule has 0 saturated carbocycles. The first-order chi connectivity index (χ1) is 7.65. The van der Waals surface area contributed by atoms with Gasteiger partial charge in [-0.3, -0.25) is 4.79 Å². The number of rotatable bonds is 6. The number of hydrogen-bond acceptors (Lipinski definition) is 4. The maximum absolute atomic E-state index is 11.7. The third kappa shape index (κ3) is 4.15. The van der Waals surface area contributed by atoms with Crippen molar-refractivity contribution in [3.05, 3.63) is 22.4 Å². The molecule has 3 N–H and O–H groups in total. The molecule has 5 heteroatoms. The van der Waals surface area contributed by atoms with E-state index >= 15 is 0 Å². The molecule has 1 rings (SSSR count). The fourth-order valence-electron chi connectivity index (χ4n) is 1.22. The van der Waals surface area contributed by atoms with Gasteiger partial charge >= 0.3 is 0 Å². The van der Waals surface area contributed by atoms with E-state index in [1.807, 2.05) is 17.5 Å². The van der Waals surface area contributed by atoms with Crippen molar-refractivity contribution in [2.45, 2.75) is 24.6 Å². The number of nitrogens with two attached hydrogens (primary N) is 1. The summed E-state index contributed by atoms with van der Waals surface area (Å²) < 4.78 is 0. The van der Waals surface area contributed by atoms with Crippen LogP contribution in [0.25, 0.3) is 0 Å². The number of amides is 1. The quantitative estimate of drug-likeness (QED) is 0.820. The fourth-order valence-corrected chi connectivity index (χ4v) is 2.30. The van der Waals surface area contributed by atoms with Gasteiger partial charge < -0.3 is 11.1 Å². The van der Waals surface area contributed by atoms with Crippen molar-refractivity contribution in [1.29, 1.82) is 0 Å². The van der Waals surface area contributed by atoms with E-state index in [1.54, 1.807) is 11.8 Å². The third-order valence-corrected chi connectivity index (χ3v) is 4.38. The Balaban J connectivity index is 2.30. The number of hydrogen-bond donors (Lipinski definition) is 2. The minimum atomic E-state index is -0.524. The highest BCUT2D eigenvalue weighted by Crippen LogP contribution is 2.16. The summed E-state index contributed by atoms with van der Waals surface area (Å²) >= 11 is 3.32. The smallest absolute Gasteiger partial charge is 0.242 e. The maximum Gasteiger partial charge on any atom is 0.242 e. The van der Waals surface area contributed by atoms with Crippen LogP contribution in [0.1, 0.15) is 24.3 Å². The van der Waals surface area contributed by atoms with Gasteiger partial charge in [-0.15, -0.1) is 11.3 Å². The van der Waals surface area contributed by atoms with Gasteiger partial charge in [0.15, 0.2) is 0 Å². The molecule has 0 aromatic carbocycles. The first-order valence-corrected chi connectivity index (χ1v) is 7.41. The van der Waals surface area contributed by atoms with Crippen LogP contribution in [-0.4, -0.2) is 24.0 Å². The summed E-state index contributed by atoms with van der Waals surface area (Å²) in [7, 11) is 0. The van der Waals surface area contributed by atoms with E-state index in [2.05, 4.69) is 18.5 Å². The SMILES string of the molecule is CSC(C)CCNC(=O)C(N)c1cccs1. The first-order valence-electron chi connectivity index (χ1n) is 5.24. The average Bonchev–Trinajstić information content (AvgIpc) is 2.81. The second-order valence-corrected chi connectivity index (χ2v) is 5.87. The van der Waals surface area contributed by atoms with Crippen molar-refractivity contribution in [3.8, 4) is 0 Å². The minimum absolute atomic E-state index is 0.0873. The van der Waals surface area contributed by atoms with E-state index < -0.39 is 6.04 Å². The zero-order valence-corrected chi connectivity index (χ0v) is 11.2. The minimum Gasteiger partial charge on any atom is -0.354 e. The molecule has 0 spiro atoms. The van der Waals surface area contributed by atoms with Gasteiger partial charge in [0, 0.05) is 16.7 Å². The van der Waals surface area contributed by atoms with Crippen molar-refractivity contribution < 1.29 is 4.79 Å². The second kappa shape index (κ2) is 6.93. The Labute approximate surface area is 105 Å². The predicted molar refractivity (Wildman–Crippen MR) is 71.9 cm³/mol. The van der Waals surface area contributed by atoms with Crippen molar-refractivity contribution in [2.75, 3.05) is 12.8 Å². The molecule has 0 aliphatic heterocycles. The van der Waals surface area contributed by atoms with E-state index in [9.17, 15) is 4.79 Å². The van der Waals surface area contributed by atoms with Crippen LogP contribution in [0.4, 0.5) is 0 Å². The van der Waals surface area contributed by atoms with Crippen LogP contribution in [0.15, 0.2) is 17.5 Å². The molecule has 1 aromatic heterocycles. The van der Waals surface area contributed by atoms with Gasteiger partial charge in [-0.2, -0.15) is 11.8 Å². The molecule has 1 amide bonds. The molecule has 3 nitrogen and oxygen atoms in total. The van der Waals surface area contributed by atoms with Crippen LogP contribution < -0.4 is 11.1 Å². The number of carbonyl (C=O) groups excluding carboxylic acids is 1. The fraction of sp³-hybridized carbons (Fsp3) is 0.545. The molecule has 0 fully saturated rings. The standard InChI is InChI=1S/C11H18N2OS2/c1-8(15-2)5-6-13-11(14)10(12)9-4-3-7-16-9/h3-4,7-8,10H,5-6,12H2,1-2H3,(H,13,14). The van der Waals surface area contributed by atoms with Gasteiger partial charge in [-0.1, -0.05) is 13.0 Å². The van der Waals surface area contributed by atoms with E-state index in [4.69, 9.17) is 5.73 Å². The molecule has 2 atom stereocenters. The molecular weight excluding hydrogens is 240 g/mol. The largest absolute Gasteiger partial charge is 0.354 e. The molecule has 1 aromatic rings. The summed E-state index contributed by atoms with van der Waals surface area (Å²) in [6.45, 7) is 2.84. The van der Waals surface area contributed by atoms with Crippen LogP contribution in [0.5, 0.6) is 0 Å². The van der Waals surface area contributed by atoms with Crippen LogP contribution in [0, 0.1) is 0 Å². The lowest BCUT2D eigenvalue weighted by molar-refractivity contribution is -0.122. The highest BCUT2D eigenvalue weighted by Gasteiger charge is 2.15. The van der Waals surface area contributed by atoms with E-state index in [0.29, 0.717) is 11.8 Å². The predicted octanol–water partition coefficient (Wildman–Crippen LogP) is 2.01. The molecule has 16 heavy (non-hydrogen) atoms. The van der Waals surface area contributed by atoms with Crippen LogP contribution in [0.2, 0.25) is 0 Å². The van der Waals surface area contributed by atoms with Gasteiger partial charge in [0.1, 0.15) is 6.04 Å². The van der Waals surface area contributed by atoms with Gasteiger partial charge in [0.2, 0.25) is 5.91 Å². The van der Waals surface area contributed by atoms with Crippen LogP contribution in [-0.2, 0) is 4.79 Å². The molecule has 1 heterocycles. The molecule has 0 radical (unpaired) electrons. The van der Waals surface area contributed by atoms with Crippen LogP contribution in [0.3, 0.4) is 0 Å². The number of thiophene rings is 1. The van der Waals surface area contributed by atoms with Crippen LogP contribution >= 0.6 is 23.1 Å². The molecule has 2 unspecified atom stereocenters. The topological polar surface area (TPSA) is 55.1 Å². The molecule has 0 saturated heterocycles. The average molecular weight is 258 g/mol. The lowest BCUT2D eigenvalue weighted by Gasteiger charge is -2.12. The summed E-state index contributed by atoms with van der Waals surface area (Å²) in [5, 5.41) is 5.36. The highest BCUT2D eigenvalue weighted by molar-refractivity contribution is 7.99. The Bertz CT molecular complexity index is 314. The Hall–Kier alpha value is -0.520. The zero-order valence-electron chi connectivity index (χ0n) is 9.60. The Morgan fingerprint density at radius 1 is 1.69 bits per heavy atom. The molecule has 90 valence electrons. The summed E-state index contributed by atoms with van der Waals surface area (Å²) in [5.74, 6) is -0.0873. The Morgan fingerprint density at radius 3 is 3.00 bits per heavy atom. The second-order valence-electron chi connectivity index (χ2n) is 3.62. The van der Waals surface area contributed by atoms with Gasteiger partial charge in [-0.25, -0.2) is 0 Å². The number of thioether (sulfide) groups is 1. The Kier molecular flexibility index (Phi) is 5.87. The molecule has 0 aliphatic carbocycles. The molecule has 0 bridgehead atoms. The highest BCUT2D eigenvalue weighted by atomic mass is 32.2. The summed E-state index contributed by atoms with van der Waals surface area (Å²) in [5.41, 5.74) is 5.83. The molecular formula is C11H18N2OS2. The molecule has 0 aliphatic rings. The Morgan fingerprint density at radius 2 is 2.44 bits per heavy atom.